The fourth-order valence-corrected chi connectivity index (χ4v) is 2.37. The number of thiazole rings is 1. The molecule has 0 atom stereocenters. The third-order valence-electron chi connectivity index (χ3n) is 2.51. The van der Waals surface area contributed by atoms with Crippen molar-refractivity contribution in [2.24, 2.45) is 0 Å². The van der Waals surface area contributed by atoms with Gasteiger partial charge in [-0.25, -0.2) is 4.98 Å². The Morgan fingerprint density at radius 1 is 1.47 bits per heavy atom. The van der Waals surface area contributed by atoms with Gasteiger partial charge in [0.1, 0.15) is 5.01 Å². The highest BCUT2D eigenvalue weighted by molar-refractivity contribution is 7.09. The molecule has 0 aliphatic heterocycles. The van der Waals surface area contributed by atoms with Crippen molar-refractivity contribution < 1.29 is 9.31 Å². The van der Waals surface area contributed by atoms with Crippen LogP contribution < -0.4 is 5.32 Å². The molecule has 0 fully saturated rings. The lowest BCUT2D eigenvalue weighted by Gasteiger charge is -2.04. The molecule has 0 saturated heterocycles. The number of nitro groups is 1. The standard InChI is InChI=1S/C12H12FN3O2S/c1-8-7-19-11(15-8)6-14-5-9-3-2-4-10(12(9)13)16(17)18/h2-4,7,14H,5-6H2,1H3. The van der Waals surface area contributed by atoms with Gasteiger partial charge < -0.3 is 5.32 Å². The van der Waals surface area contributed by atoms with Gasteiger partial charge in [0.05, 0.1) is 4.92 Å². The van der Waals surface area contributed by atoms with E-state index >= 15 is 0 Å². The second-order valence-electron chi connectivity index (χ2n) is 3.99. The first-order valence-electron chi connectivity index (χ1n) is 5.61. The summed E-state index contributed by atoms with van der Waals surface area (Å²) in [7, 11) is 0. The van der Waals surface area contributed by atoms with Crippen molar-refractivity contribution >= 4 is 17.0 Å². The maximum absolute atomic E-state index is 13.8. The Hall–Kier alpha value is -1.86. The molecule has 0 aliphatic carbocycles. The summed E-state index contributed by atoms with van der Waals surface area (Å²) in [6.45, 7) is 2.65. The van der Waals surface area contributed by atoms with Crippen molar-refractivity contribution in [3.63, 3.8) is 0 Å². The van der Waals surface area contributed by atoms with Gasteiger partial charge in [0.2, 0.25) is 5.82 Å². The van der Waals surface area contributed by atoms with Gasteiger partial charge >= 0.3 is 5.69 Å². The largest absolute Gasteiger partial charge is 0.306 e. The quantitative estimate of drug-likeness (QED) is 0.676. The summed E-state index contributed by atoms with van der Waals surface area (Å²) >= 11 is 1.52. The lowest BCUT2D eigenvalue weighted by Crippen LogP contribution is -2.14. The van der Waals surface area contributed by atoms with Gasteiger partial charge in [-0.05, 0) is 6.92 Å². The molecule has 0 unspecified atom stereocenters. The van der Waals surface area contributed by atoms with E-state index in [0.717, 1.165) is 16.8 Å². The Kier molecular flexibility index (Phi) is 4.18. The molecule has 5 nitrogen and oxygen atoms in total. The van der Waals surface area contributed by atoms with Crippen molar-refractivity contribution in [3.8, 4) is 0 Å². The van der Waals surface area contributed by atoms with Crippen LogP contribution in [-0.2, 0) is 13.1 Å². The van der Waals surface area contributed by atoms with Crippen molar-refractivity contribution in [1.29, 1.82) is 0 Å². The van der Waals surface area contributed by atoms with Crippen LogP contribution in [0.15, 0.2) is 23.6 Å². The zero-order chi connectivity index (χ0) is 13.8. The molecule has 100 valence electrons. The summed E-state index contributed by atoms with van der Waals surface area (Å²) < 4.78 is 13.8. The molecule has 2 aromatic rings. The maximum Gasteiger partial charge on any atom is 0.305 e. The van der Waals surface area contributed by atoms with Gasteiger partial charge in [0, 0.05) is 35.8 Å². The molecule has 0 spiro atoms. The molecule has 0 saturated carbocycles. The Morgan fingerprint density at radius 2 is 2.26 bits per heavy atom. The first-order valence-corrected chi connectivity index (χ1v) is 6.49. The van der Waals surface area contributed by atoms with Gasteiger partial charge in [0.15, 0.2) is 0 Å². The lowest BCUT2D eigenvalue weighted by molar-refractivity contribution is -0.387. The van der Waals surface area contributed by atoms with Crippen molar-refractivity contribution in [1.82, 2.24) is 10.3 Å². The summed E-state index contributed by atoms with van der Waals surface area (Å²) in [6.07, 6.45) is 0. The molecule has 1 aromatic carbocycles. The SMILES string of the molecule is Cc1csc(CNCc2cccc([N+](=O)[O-])c2F)n1. The number of aryl methyl sites for hydroxylation is 1. The minimum absolute atomic E-state index is 0.228. The fraction of sp³-hybridized carbons (Fsp3) is 0.250. The van der Waals surface area contributed by atoms with E-state index in [1.807, 2.05) is 12.3 Å². The predicted octanol–water partition coefficient (Wildman–Crippen LogP) is 2.79. The highest BCUT2D eigenvalue weighted by Crippen LogP contribution is 2.20. The van der Waals surface area contributed by atoms with Crippen LogP contribution in [0.5, 0.6) is 0 Å². The molecule has 19 heavy (non-hydrogen) atoms. The molecule has 0 bridgehead atoms. The summed E-state index contributed by atoms with van der Waals surface area (Å²) in [5, 5.41) is 16.5. The van der Waals surface area contributed by atoms with E-state index in [1.165, 1.54) is 23.5 Å². The normalized spacial score (nSPS) is 10.6. The second-order valence-corrected chi connectivity index (χ2v) is 4.94. The zero-order valence-corrected chi connectivity index (χ0v) is 11.0. The first-order chi connectivity index (χ1) is 9.08. The summed E-state index contributed by atoms with van der Waals surface area (Å²) in [6, 6.07) is 4.16. The molecule has 1 heterocycles. The van der Waals surface area contributed by atoms with E-state index in [1.54, 1.807) is 0 Å². The second kappa shape index (κ2) is 5.85. The van der Waals surface area contributed by atoms with E-state index in [-0.39, 0.29) is 12.1 Å². The molecular weight excluding hydrogens is 269 g/mol. The van der Waals surface area contributed by atoms with Crippen LogP contribution in [0.1, 0.15) is 16.3 Å². The number of nitrogens with one attached hydrogen (secondary N) is 1. The fourth-order valence-electron chi connectivity index (χ4n) is 1.63. The van der Waals surface area contributed by atoms with Crippen molar-refractivity contribution in [3.05, 3.63) is 55.8 Å². The van der Waals surface area contributed by atoms with E-state index in [0.29, 0.717) is 6.54 Å². The van der Waals surface area contributed by atoms with E-state index in [9.17, 15) is 14.5 Å². The van der Waals surface area contributed by atoms with Crippen LogP contribution in [0.25, 0.3) is 0 Å². The van der Waals surface area contributed by atoms with Gasteiger partial charge in [-0.1, -0.05) is 12.1 Å². The van der Waals surface area contributed by atoms with Crippen LogP contribution in [-0.4, -0.2) is 9.91 Å². The number of nitrogens with zero attached hydrogens (tertiary/aromatic N) is 2. The third-order valence-corrected chi connectivity index (χ3v) is 3.48. The van der Waals surface area contributed by atoms with Crippen LogP contribution in [0.4, 0.5) is 10.1 Å². The van der Waals surface area contributed by atoms with Gasteiger partial charge in [-0.2, -0.15) is 4.39 Å². The number of nitro benzene ring substituents is 1. The third kappa shape index (κ3) is 3.33. The molecule has 1 N–H and O–H groups in total. The molecule has 0 amide bonds. The van der Waals surface area contributed by atoms with E-state index in [2.05, 4.69) is 10.3 Å². The summed E-state index contributed by atoms with van der Waals surface area (Å²) in [5.74, 6) is -0.782. The maximum atomic E-state index is 13.8. The van der Waals surface area contributed by atoms with Gasteiger partial charge in [0.25, 0.3) is 0 Å². The number of halogens is 1. The summed E-state index contributed by atoms with van der Waals surface area (Å²) in [4.78, 5) is 14.2. The molecule has 0 aliphatic rings. The van der Waals surface area contributed by atoms with Gasteiger partial charge in [-0.3, -0.25) is 10.1 Å². The minimum atomic E-state index is -0.782. The number of rotatable bonds is 5. The van der Waals surface area contributed by atoms with Gasteiger partial charge in [-0.15, -0.1) is 11.3 Å². The zero-order valence-electron chi connectivity index (χ0n) is 10.2. The predicted molar refractivity (Wildman–Crippen MR) is 70.4 cm³/mol. The van der Waals surface area contributed by atoms with Crippen LogP contribution in [0.3, 0.4) is 0 Å². The minimum Gasteiger partial charge on any atom is -0.306 e. The molecule has 1 aromatic heterocycles. The first kappa shape index (κ1) is 13.6. The highest BCUT2D eigenvalue weighted by Gasteiger charge is 2.16. The lowest BCUT2D eigenvalue weighted by atomic mass is 10.2. The number of hydrogen-bond donors (Lipinski definition) is 1. The highest BCUT2D eigenvalue weighted by atomic mass is 32.1. The van der Waals surface area contributed by atoms with Crippen LogP contribution in [0.2, 0.25) is 0 Å². The Bertz CT molecular complexity index is 600. The average Bonchev–Trinajstić information content (AvgIpc) is 2.77. The summed E-state index contributed by atoms with van der Waals surface area (Å²) in [5.41, 5.74) is 0.732. The molecule has 2 rings (SSSR count). The van der Waals surface area contributed by atoms with Crippen LogP contribution >= 0.6 is 11.3 Å². The van der Waals surface area contributed by atoms with E-state index < -0.39 is 16.4 Å². The Labute approximate surface area is 113 Å². The molecule has 7 heteroatoms. The number of benzene rings is 1. The van der Waals surface area contributed by atoms with Crippen molar-refractivity contribution in [2.45, 2.75) is 20.0 Å². The Morgan fingerprint density at radius 3 is 2.89 bits per heavy atom. The topological polar surface area (TPSA) is 68.1 Å². The monoisotopic (exact) mass is 281 g/mol. The molecular formula is C12H12FN3O2S. The van der Waals surface area contributed by atoms with E-state index in [4.69, 9.17) is 0 Å². The Balaban J connectivity index is 2.00. The average molecular weight is 281 g/mol. The van der Waals surface area contributed by atoms with Crippen LogP contribution in [0, 0.1) is 22.9 Å². The number of aromatic nitrogens is 1. The molecule has 0 radical (unpaired) electrons. The van der Waals surface area contributed by atoms with Crippen molar-refractivity contribution in [2.75, 3.05) is 0 Å². The number of hydrogen-bond acceptors (Lipinski definition) is 5. The smallest absolute Gasteiger partial charge is 0.305 e.